The van der Waals surface area contributed by atoms with E-state index >= 15 is 0 Å². The standard InChI is InChI=1S/C20H29N3O3/c1-12(2)10-15-18(21-19(24)20(3,4)5)17(23-22-15)14-9-8-13(25-6)11-16(14)26-7/h8-9,11-12H,10H2,1-7H3,(H,21,24)(H,22,23). The predicted octanol–water partition coefficient (Wildman–Crippen LogP) is 4.28. The number of nitrogens with zero attached hydrogens (tertiary/aromatic N) is 1. The molecule has 2 N–H and O–H groups in total. The molecule has 2 aromatic rings. The number of hydrogen-bond donors (Lipinski definition) is 2. The van der Waals surface area contributed by atoms with Gasteiger partial charge in [-0.2, -0.15) is 5.10 Å². The lowest BCUT2D eigenvalue weighted by atomic mass is 9.95. The third kappa shape index (κ3) is 4.36. The fourth-order valence-electron chi connectivity index (χ4n) is 2.56. The Morgan fingerprint density at radius 3 is 2.46 bits per heavy atom. The van der Waals surface area contributed by atoms with Crippen LogP contribution in [0.3, 0.4) is 0 Å². The lowest BCUT2D eigenvalue weighted by molar-refractivity contribution is -0.123. The van der Waals surface area contributed by atoms with Crippen molar-refractivity contribution in [1.82, 2.24) is 10.2 Å². The number of rotatable bonds is 6. The van der Waals surface area contributed by atoms with E-state index in [0.29, 0.717) is 28.8 Å². The Bertz CT molecular complexity index is 773. The van der Waals surface area contributed by atoms with E-state index in [4.69, 9.17) is 9.47 Å². The van der Waals surface area contributed by atoms with Crippen molar-refractivity contribution in [3.63, 3.8) is 0 Å². The summed E-state index contributed by atoms with van der Waals surface area (Å²) in [5, 5.41) is 10.6. The summed E-state index contributed by atoms with van der Waals surface area (Å²) in [6.07, 6.45) is 0.783. The predicted molar refractivity (Wildman–Crippen MR) is 104 cm³/mol. The Labute approximate surface area is 155 Å². The SMILES string of the molecule is COc1ccc(-c2n[nH]c(CC(C)C)c2NC(=O)C(C)(C)C)c(OC)c1. The highest BCUT2D eigenvalue weighted by Crippen LogP contribution is 2.38. The molecule has 142 valence electrons. The summed E-state index contributed by atoms with van der Waals surface area (Å²) < 4.78 is 10.8. The quantitative estimate of drug-likeness (QED) is 0.807. The van der Waals surface area contributed by atoms with Crippen molar-refractivity contribution in [2.45, 2.75) is 41.0 Å². The molecule has 1 amide bonds. The normalized spacial score (nSPS) is 11.5. The van der Waals surface area contributed by atoms with Crippen LogP contribution < -0.4 is 14.8 Å². The van der Waals surface area contributed by atoms with E-state index in [9.17, 15) is 4.79 Å². The van der Waals surface area contributed by atoms with E-state index in [1.165, 1.54) is 0 Å². The van der Waals surface area contributed by atoms with Crippen molar-refractivity contribution in [2.75, 3.05) is 19.5 Å². The summed E-state index contributed by atoms with van der Waals surface area (Å²) in [7, 11) is 3.21. The van der Waals surface area contributed by atoms with Gasteiger partial charge in [0, 0.05) is 17.0 Å². The van der Waals surface area contributed by atoms with Gasteiger partial charge < -0.3 is 14.8 Å². The maximum atomic E-state index is 12.6. The molecule has 26 heavy (non-hydrogen) atoms. The summed E-state index contributed by atoms with van der Waals surface area (Å²) in [5.41, 5.74) is 2.57. The monoisotopic (exact) mass is 359 g/mol. The number of nitrogens with one attached hydrogen (secondary N) is 2. The van der Waals surface area contributed by atoms with Gasteiger partial charge in [0.05, 0.1) is 25.6 Å². The summed E-state index contributed by atoms with van der Waals surface area (Å²) >= 11 is 0. The van der Waals surface area contributed by atoms with E-state index in [-0.39, 0.29) is 5.91 Å². The highest BCUT2D eigenvalue weighted by Gasteiger charge is 2.26. The van der Waals surface area contributed by atoms with Gasteiger partial charge in [-0.3, -0.25) is 9.89 Å². The van der Waals surface area contributed by atoms with Crippen LogP contribution >= 0.6 is 0 Å². The van der Waals surface area contributed by atoms with Crippen molar-refractivity contribution in [3.05, 3.63) is 23.9 Å². The lowest BCUT2D eigenvalue weighted by Gasteiger charge is -2.19. The summed E-state index contributed by atoms with van der Waals surface area (Å²) in [6.45, 7) is 9.92. The molecule has 0 unspecified atom stereocenters. The zero-order chi connectivity index (χ0) is 19.5. The number of carbonyl (C=O) groups is 1. The Morgan fingerprint density at radius 2 is 1.92 bits per heavy atom. The van der Waals surface area contributed by atoms with Gasteiger partial charge in [0.2, 0.25) is 5.91 Å². The number of anilines is 1. The van der Waals surface area contributed by atoms with E-state index in [2.05, 4.69) is 29.4 Å². The van der Waals surface area contributed by atoms with Gasteiger partial charge in [-0.25, -0.2) is 0 Å². The maximum absolute atomic E-state index is 12.6. The van der Waals surface area contributed by atoms with Crippen LogP contribution in [-0.4, -0.2) is 30.3 Å². The molecular weight excluding hydrogens is 330 g/mol. The average molecular weight is 359 g/mol. The molecule has 0 fully saturated rings. The number of hydrogen-bond acceptors (Lipinski definition) is 4. The van der Waals surface area contributed by atoms with Gasteiger partial charge in [-0.05, 0) is 24.5 Å². The number of methoxy groups -OCH3 is 2. The van der Waals surface area contributed by atoms with Crippen LogP contribution in [-0.2, 0) is 11.2 Å². The number of aromatic amines is 1. The Hall–Kier alpha value is -2.50. The Morgan fingerprint density at radius 1 is 1.23 bits per heavy atom. The van der Waals surface area contributed by atoms with Crippen LogP contribution in [0.4, 0.5) is 5.69 Å². The summed E-state index contributed by atoms with van der Waals surface area (Å²) in [6, 6.07) is 5.55. The molecule has 1 heterocycles. The van der Waals surface area contributed by atoms with E-state index < -0.39 is 5.41 Å². The highest BCUT2D eigenvalue weighted by atomic mass is 16.5. The van der Waals surface area contributed by atoms with Crippen molar-refractivity contribution in [2.24, 2.45) is 11.3 Å². The molecule has 0 saturated carbocycles. The van der Waals surface area contributed by atoms with E-state index in [1.807, 2.05) is 39.0 Å². The minimum atomic E-state index is -0.506. The second-order valence-corrected chi connectivity index (χ2v) is 7.79. The molecule has 0 bridgehead atoms. The first kappa shape index (κ1) is 19.8. The van der Waals surface area contributed by atoms with Gasteiger partial charge in [0.1, 0.15) is 17.2 Å². The molecule has 0 spiro atoms. The Balaban J connectivity index is 2.55. The van der Waals surface area contributed by atoms with Crippen molar-refractivity contribution >= 4 is 11.6 Å². The van der Waals surface area contributed by atoms with Gasteiger partial charge in [0.25, 0.3) is 0 Å². The zero-order valence-corrected chi connectivity index (χ0v) is 16.7. The lowest BCUT2D eigenvalue weighted by Crippen LogP contribution is -2.28. The van der Waals surface area contributed by atoms with E-state index in [0.717, 1.165) is 17.7 Å². The fraction of sp³-hybridized carbons (Fsp3) is 0.500. The average Bonchev–Trinajstić information content (AvgIpc) is 2.95. The molecule has 0 saturated heterocycles. The first-order valence-corrected chi connectivity index (χ1v) is 8.78. The molecule has 0 aliphatic rings. The summed E-state index contributed by atoms with van der Waals surface area (Å²) in [4.78, 5) is 12.6. The van der Waals surface area contributed by atoms with Crippen LogP contribution in [0.25, 0.3) is 11.3 Å². The molecule has 0 aliphatic carbocycles. The van der Waals surface area contributed by atoms with Crippen molar-refractivity contribution in [1.29, 1.82) is 0 Å². The second-order valence-electron chi connectivity index (χ2n) is 7.79. The van der Waals surface area contributed by atoms with Crippen molar-refractivity contribution < 1.29 is 14.3 Å². The molecule has 1 aromatic carbocycles. The van der Waals surface area contributed by atoms with Gasteiger partial charge in [0.15, 0.2) is 0 Å². The minimum Gasteiger partial charge on any atom is -0.497 e. The maximum Gasteiger partial charge on any atom is 0.229 e. The van der Waals surface area contributed by atoms with Crippen molar-refractivity contribution in [3.8, 4) is 22.8 Å². The molecular formula is C20H29N3O3. The smallest absolute Gasteiger partial charge is 0.229 e. The number of H-pyrrole nitrogens is 1. The van der Waals surface area contributed by atoms with Crippen LogP contribution in [0.15, 0.2) is 18.2 Å². The molecule has 1 aromatic heterocycles. The molecule has 6 nitrogen and oxygen atoms in total. The number of aromatic nitrogens is 2. The second kappa shape index (κ2) is 7.81. The zero-order valence-electron chi connectivity index (χ0n) is 16.7. The van der Waals surface area contributed by atoms with E-state index in [1.54, 1.807) is 14.2 Å². The molecule has 0 radical (unpaired) electrons. The molecule has 0 aliphatic heterocycles. The third-order valence-corrected chi connectivity index (χ3v) is 4.04. The molecule has 0 atom stereocenters. The van der Waals surface area contributed by atoms with Gasteiger partial charge in [-0.1, -0.05) is 34.6 Å². The summed E-state index contributed by atoms with van der Waals surface area (Å²) in [5.74, 6) is 1.70. The van der Waals surface area contributed by atoms with Crippen LogP contribution in [0.2, 0.25) is 0 Å². The van der Waals surface area contributed by atoms with Crippen LogP contribution in [0, 0.1) is 11.3 Å². The number of carbonyl (C=O) groups excluding carboxylic acids is 1. The first-order valence-electron chi connectivity index (χ1n) is 8.78. The first-order chi connectivity index (χ1) is 12.2. The van der Waals surface area contributed by atoms with Crippen LogP contribution in [0.1, 0.15) is 40.3 Å². The highest BCUT2D eigenvalue weighted by molar-refractivity contribution is 5.98. The third-order valence-electron chi connectivity index (χ3n) is 4.04. The molecule has 2 rings (SSSR count). The minimum absolute atomic E-state index is 0.0577. The number of amides is 1. The molecule has 6 heteroatoms. The largest absolute Gasteiger partial charge is 0.497 e. The van der Waals surface area contributed by atoms with Gasteiger partial charge in [-0.15, -0.1) is 0 Å². The Kier molecular flexibility index (Phi) is 5.95. The number of ether oxygens (including phenoxy) is 2. The number of benzene rings is 1. The van der Waals surface area contributed by atoms with Gasteiger partial charge >= 0.3 is 0 Å². The topological polar surface area (TPSA) is 76.2 Å². The fourth-order valence-corrected chi connectivity index (χ4v) is 2.56. The van der Waals surface area contributed by atoms with Crippen LogP contribution in [0.5, 0.6) is 11.5 Å².